The Labute approximate surface area is 195 Å². The lowest BCUT2D eigenvalue weighted by Crippen LogP contribution is -2.33. The highest BCUT2D eigenvalue weighted by Crippen LogP contribution is 2.30. The number of carbonyl (C=O) groups excluding carboxylic acids is 1. The number of nitrogens with zero attached hydrogens (tertiary/aromatic N) is 1. The maximum Gasteiger partial charge on any atom is 0.243 e. The fraction of sp³-hybridized carbons (Fsp3) is 0.240. The number of nitrogens with one attached hydrogen (secondary N) is 1. The summed E-state index contributed by atoms with van der Waals surface area (Å²) in [5.41, 5.74) is 1.28. The van der Waals surface area contributed by atoms with Gasteiger partial charge in [-0.15, -0.1) is 0 Å². The van der Waals surface area contributed by atoms with Gasteiger partial charge in [-0.3, -0.25) is 4.79 Å². The highest BCUT2D eigenvalue weighted by atomic mass is 32.2. The van der Waals surface area contributed by atoms with E-state index in [4.69, 9.17) is 9.47 Å². The molecule has 0 aromatic heterocycles. The Morgan fingerprint density at radius 3 is 2.12 bits per heavy atom. The molecule has 33 heavy (non-hydrogen) atoms. The molecule has 0 saturated carbocycles. The zero-order valence-corrected chi connectivity index (χ0v) is 19.7. The van der Waals surface area contributed by atoms with Crippen LogP contribution in [0, 0.1) is 0 Å². The fourth-order valence-electron chi connectivity index (χ4n) is 3.40. The topological polar surface area (TPSA) is 84.9 Å². The Morgan fingerprint density at radius 1 is 0.939 bits per heavy atom. The van der Waals surface area contributed by atoms with E-state index in [2.05, 4.69) is 5.32 Å². The molecule has 0 aliphatic carbocycles. The number of sulfonamides is 1. The van der Waals surface area contributed by atoms with Crippen LogP contribution in [0.15, 0.2) is 83.8 Å². The molecule has 174 valence electrons. The summed E-state index contributed by atoms with van der Waals surface area (Å²) in [5.74, 6) is 1.04. The van der Waals surface area contributed by atoms with Gasteiger partial charge in [0.15, 0.2) is 0 Å². The zero-order valence-electron chi connectivity index (χ0n) is 18.9. The third-order valence-electron chi connectivity index (χ3n) is 5.19. The van der Waals surface area contributed by atoms with Crippen molar-refractivity contribution < 1.29 is 22.7 Å². The molecule has 0 saturated heterocycles. The van der Waals surface area contributed by atoms with Crippen molar-refractivity contribution in [3.63, 3.8) is 0 Å². The van der Waals surface area contributed by atoms with Crippen molar-refractivity contribution in [1.82, 2.24) is 4.31 Å². The van der Waals surface area contributed by atoms with Gasteiger partial charge in [0.05, 0.1) is 24.7 Å². The number of hydrogen-bond acceptors (Lipinski definition) is 5. The third-order valence-corrected chi connectivity index (χ3v) is 7.07. The van der Waals surface area contributed by atoms with E-state index >= 15 is 0 Å². The van der Waals surface area contributed by atoms with Gasteiger partial charge in [-0.2, -0.15) is 4.31 Å². The maximum atomic E-state index is 13.3. The van der Waals surface area contributed by atoms with Crippen LogP contribution in [0.25, 0.3) is 0 Å². The second kappa shape index (κ2) is 11.0. The van der Waals surface area contributed by atoms with Gasteiger partial charge in [0, 0.05) is 19.2 Å². The number of hydrogen-bond donors (Lipinski definition) is 1. The predicted molar refractivity (Wildman–Crippen MR) is 128 cm³/mol. The minimum Gasteiger partial charge on any atom is -0.497 e. The summed E-state index contributed by atoms with van der Waals surface area (Å²) < 4.78 is 38.4. The standard InChI is InChI=1S/C25H28N2O5S/c1-4-32-22-16-12-20(13-17-22)26-25(28)18-24(19-10-14-21(31-3)15-11-19)27(2)33(29,30)23-8-6-5-7-9-23/h5-17,24H,4,18H2,1-3H3,(H,26,28)/t24-/m1/s1. The average Bonchev–Trinajstić information content (AvgIpc) is 2.84. The van der Waals surface area contributed by atoms with Crippen LogP contribution < -0.4 is 14.8 Å². The summed E-state index contributed by atoms with van der Waals surface area (Å²) in [6, 6.07) is 21.5. The van der Waals surface area contributed by atoms with Crippen LogP contribution in [-0.2, 0) is 14.8 Å². The van der Waals surface area contributed by atoms with Gasteiger partial charge < -0.3 is 14.8 Å². The van der Waals surface area contributed by atoms with Crippen molar-refractivity contribution in [2.75, 3.05) is 26.1 Å². The first-order valence-corrected chi connectivity index (χ1v) is 12.0. The van der Waals surface area contributed by atoms with E-state index in [1.54, 1.807) is 73.8 Å². The van der Waals surface area contributed by atoms with Crippen LogP contribution >= 0.6 is 0 Å². The maximum absolute atomic E-state index is 13.3. The normalized spacial score (nSPS) is 12.2. The van der Waals surface area contributed by atoms with E-state index in [0.717, 1.165) is 0 Å². The van der Waals surface area contributed by atoms with Gasteiger partial charge in [0.25, 0.3) is 0 Å². The number of rotatable bonds is 10. The van der Waals surface area contributed by atoms with E-state index in [-0.39, 0.29) is 17.2 Å². The fourth-order valence-corrected chi connectivity index (χ4v) is 4.76. The molecule has 0 bridgehead atoms. The number of carbonyl (C=O) groups is 1. The summed E-state index contributed by atoms with van der Waals surface area (Å²) in [5, 5.41) is 2.84. The Kier molecular flexibility index (Phi) is 8.08. The first-order valence-electron chi connectivity index (χ1n) is 10.5. The molecule has 0 heterocycles. The van der Waals surface area contributed by atoms with Gasteiger partial charge in [-0.05, 0) is 61.0 Å². The number of methoxy groups -OCH3 is 1. The van der Waals surface area contributed by atoms with E-state index < -0.39 is 16.1 Å². The zero-order chi connectivity index (χ0) is 23.8. The van der Waals surface area contributed by atoms with Gasteiger partial charge in [0.1, 0.15) is 11.5 Å². The molecule has 8 heteroatoms. The molecule has 1 atom stereocenters. The van der Waals surface area contributed by atoms with Crippen LogP contribution in [0.1, 0.15) is 24.9 Å². The van der Waals surface area contributed by atoms with Crippen molar-refractivity contribution >= 4 is 21.6 Å². The highest BCUT2D eigenvalue weighted by Gasteiger charge is 2.31. The van der Waals surface area contributed by atoms with Gasteiger partial charge in [0.2, 0.25) is 15.9 Å². The molecule has 0 radical (unpaired) electrons. The summed E-state index contributed by atoms with van der Waals surface area (Å²) in [4.78, 5) is 13.1. The van der Waals surface area contributed by atoms with Gasteiger partial charge in [-0.1, -0.05) is 30.3 Å². The molecule has 3 rings (SSSR count). The lowest BCUT2D eigenvalue weighted by atomic mass is 10.0. The second-order valence-electron chi connectivity index (χ2n) is 7.33. The number of ether oxygens (including phenoxy) is 2. The molecule has 0 unspecified atom stereocenters. The lowest BCUT2D eigenvalue weighted by molar-refractivity contribution is -0.117. The van der Waals surface area contributed by atoms with Crippen molar-refractivity contribution in [1.29, 1.82) is 0 Å². The largest absolute Gasteiger partial charge is 0.497 e. The molecule has 1 N–H and O–H groups in total. The summed E-state index contributed by atoms with van der Waals surface area (Å²) in [7, 11) is -0.781. The summed E-state index contributed by atoms with van der Waals surface area (Å²) in [6.45, 7) is 2.45. The van der Waals surface area contributed by atoms with Crippen molar-refractivity contribution in [2.45, 2.75) is 24.3 Å². The molecule has 1 amide bonds. The van der Waals surface area contributed by atoms with Crippen LogP contribution in [0.3, 0.4) is 0 Å². The quantitative estimate of drug-likeness (QED) is 0.474. The molecule has 0 aliphatic rings. The second-order valence-corrected chi connectivity index (χ2v) is 9.33. The van der Waals surface area contributed by atoms with Crippen LogP contribution in [0.4, 0.5) is 5.69 Å². The predicted octanol–water partition coefficient (Wildman–Crippen LogP) is 4.48. The summed E-state index contributed by atoms with van der Waals surface area (Å²) in [6.07, 6.45) is -0.0674. The van der Waals surface area contributed by atoms with Crippen LogP contribution in [-0.4, -0.2) is 39.4 Å². The SMILES string of the molecule is CCOc1ccc(NC(=O)C[C@H](c2ccc(OC)cc2)N(C)S(=O)(=O)c2ccccc2)cc1. The molecular weight excluding hydrogens is 440 g/mol. The average molecular weight is 469 g/mol. The van der Waals surface area contributed by atoms with Crippen LogP contribution in [0.5, 0.6) is 11.5 Å². The first kappa shape index (κ1) is 24.3. The van der Waals surface area contributed by atoms with E-state index in [9.17, 15) is 13.2 Å². The first-order chi connectivity index (χ1) is 15.8. The monoisotopic (exact) mass is 468 g/mol. The van der Waals surface area contributed by atoms with Crippen molar-refractivity contribution in [2.24, 2.45) is 0 Å². The number of benzene rings is 3. The molecule has 0 fully saturated rings. The molecular formula is C25H28N2O5S. The Morgan fingerprint density at radius 2 is 1.55 bits per heavy atom. The molecule has 7 nitrogen and oxygen atoms in total. The smallest absolute Gasteiger partial charge is 0.243 e. The van der Waals surface area contributed by atoms with E-state index in [1.807, 2.05) is 6.92 Å². The van der Waals surface area contributed by atoms with Crippen LogP contribution in [0.2, 0.25) is 0 Å². The minimum atomic E-state index is -3.83. The highest BCUT2D eigenvalue weighted by molar-refractivity contribution is 7.89. The van der Waals surface area contributed by atoms with Gasteiger partial charge in [-0.25, -0.2) is 8.42 Å². The number of anilines is 1. The Bertz CT molecular complexity index is 1150. The Balaban J connectivity index is 1.85. The third kappa shape index (κ3) is 6.12. The summed E-state index contributed by atoms with van der Waals surface area (Å²) >= 11 is 0. The minimum absolute atomic E-state index is 0.0674. The molecule has 3 aromatic carbocycles. The van der Waals surface area contributed by atoms with Gasteiger partial charge >= 0.3 is 0 Å². The van der Waals surface area contributed by atoms with E-state index in [0.29, 0.717) is 29.4 Å². The molecule has 3 aromatic rings. The van der Waals surface area contributed by atoms with Crippen molar-refractivity contribution in [3.8, 4) is 11.5 Å². The molecule has 0 aliphatic heterocycles. The molecule has 0 spiro atoms. The number of amides is 1. The Hall–Kier alpha value is -3.36. The van der Waals surface area contributed by atoms with Crippen molar-refractivity contribution in [3.05, 3.63) is 84.4 Å². The lowest BCUT2D eigenvalue weighted by Gasteiger charge is -2.28. The van der Waals surface area contributed by atoms with E-state index in [1.165, 1.54) is 23.5 Å².